The number of pyridine rings is 1. The van der Waals surface area contributed by atoms with Gasteiger partial charge in [0.1, 0.15) is 0 Å². The van der Waals surface area contributed by atoms with E-state index in [-0.39, 0.29) is 11.5 Å². The van der Waals surface area contributed by atoms with E-state index in [1.165, 1.54) is 30.6 Å². The number of nitrogens with zero attached hydrogens (tertiary/aromatic N) is 4. The van der Waals surface area contributed by atoms with Gasteiger partial charge in [-0.05, 0) is 0 Å². The second-order valence-electron chi connectivity index (χ2n) is 3.90. The predicted molar refractivity (Wildman–Crippen MR) is 76.7 cm³/mol. The molecule has 0 aliphatic carbocycles. The normalized spacial score (nSPS) is 10.3. The van der Waals surface area contributed by atoms with Crippen LogP contribution in [-0.2, 0) is 6.54 Å². The Labute approximate surface area is 123 Å². The van der Waals surface area contributed by atoms with Gasteiger partial charge in [-0.3, -0.25) is 10.1 Å². The molecule has 9 heteroatoms. The van der Waals surface area contributed by atoms with Gasteiger partial charge in [-0.2, -0.15) is 4.98 Å². The van der Waals surface area contributed by atoms with Crippen molar-refractivity contribution in [3.8, 4) is 5.88 Å². The Balaban J connectivity index is 2.31. The molecule has 2 rings (SSSR count). The molecule has 0 saturated heterocycles. The summed E-state index contributed by atoms with van der Waals surface area (Å²) in [6.45, 7) is 0.365. The fourth-order valence-corrected chi connectivity index (χ4v) is 2.41. The third-order valence-corrected chi connectivity index (χ3v) is 3.55. The molecule has 0 spiro atoms. The van der Waals surface area contributed by atoms with Crippen molar-refractivity contribution in [3.05, 3.63) is 37.8 Å². The van der Waals surface area contributed by atoms with Gasteiger partial charge in [-0.15, -0.1) is 11.3 Å². The number of hydrogen-bond acceptors (Lipinski definition) is 7. The molecule has 2 heterocycles. The Kier molecular flexibility index (Phi) is 4.35. The largest absolute Gasteiger partial charge is 0.481 e. The molecule has 0 amide bonds. The molecule has 0 N–H and O–H groups in total. The van der Waals surface area contributed by atoms with Gasteiger partial charge in [-0.25, -0.2) is 4.98 Å². The lowest BCUT2D eigenvalue weighted by Gasteiger charge is -2.17. The maximum absolute atomic E-state index is 11.0. The molecule has 20 heavy (non-hydrogen) atoms. The van der Waals surface area contributed by atoms with Gasteiger partial charge in [0, 0.05) is 24.6 Å². The van der Waals surface area contributed by atoms with Crippen LogP contribution in [0.5, 0.6) is 5.88 Å². The van der Waals surface area contributed by atoms with Crippen molar-refractivity contribution in [1.29, 1.82) is 0 Å². The summed E-state index contributed by atoms with van der Waals surface area (Å²) in [5.74, 6) is 0.534. The topological polar surface area (TPSA) is 81.4 Å². The second kappa shape index (κ2) is 6.02. The van der Waals surface area contributed by atoms with Crippen LogP contribution >= 0.6 is 22.9 Å². The number of hydrogen-bond donors (Lipinski definition) is 0. The number of halogens is 1. The molecule has 0 bridgehead atoms. The highest BCUT2D eigenvalue weighted by Gasteiger charge is 2.20. The lowest BCUT2D eigenvalue weighted by Crippen LogP contribution is -2.19. The first-order chi connectivity index (χ1) is 9.51. The first-order valence-electron chi connectivity index (χ1n) is 5.51. The quantitative estimate of drug-likeness (QED) is 0.623. The maximum atomic E-state index is 11.0. The van der Waals surface area contributed by atoms with E-state index >= 15 is 0 Å². The Bertz CT molecular complexity index is 634. The zero-order chi connectivity index (χ0) is 14.7. The Morgan fingerprint density at radius 3 is 2.80 bits per heavy atom. The van der Waals surface area contributed by atoms with Crippen molar-refractivity contribution >= 4 is 34.4 Å². The lowest BCUT2D eigenvalue weighted by molar-refractivity contribution is -0.384. The van der Waals surface area contributed by atoms with Crippen LogP contribution in [0.15, 0.2) is 17.5 Å². The van der Waals surface area contributed by atoms with E-state index in [0.717, 1.165) is 5.69 Å². The third kappa shape index (κ3) is 3.14. The molecule has 0 saturated carbocycles. The van der Waals surface area contributed by atoms with E-state index in [1.807, 2.05) is 0 Å². The number of thiazole rings is 1. The third-order valence-electron chi connectivity index (χ3n) is 2.52. The minimum Gasteiger partial charge on any atom is -0.481 e. The monoisotopic (exact) mass is 314 g/mol. The number of aromatic nitrogens is 2. The second-order valence-corrected chi connectivity index (χ2v) is 5.34. The molecule has 0 unspecified atom stereocenters. The summed E-state index contributed by atoms with van der Waals surface area (Å²) in [5.41, 5.74) is 0.635. The average Bonchev–Trinajstić information content (AvgIpc) is 2.83. The molecule has 0 aliphatic heterocycles. The maximum Gasteiger partial charge on any atom is 0.311 e. The van der Waals surface area contributed by atoms with Gasteiger partial charge >= 0.3 is 5.69 Å². The van der Waals surface area contributed by atoms with Gasteiger partial charge in [0.2, 0.25) is 11.7 Å². The number of nitro groups is 1. The van der Waals surface area contributed by atoms with Crippen LogP contribution in [0.2, 0.25) is 4.47 Å². The van der Waals surface area contributed by atoms with Crippen molar-refractivity contribution in [3.63, 3.8) is 0 Å². The van der Waals surface area contributed by atoms with Gasteiger partial charge in [0.05, 0.1) is 24.3 Å². The molecule has 0 aliphatic rings. The van der Waals surface area contributed by atoms with Gasteiger partial charge in [0.15, 0.2) is 4.47 Å². The predicted octanol–water partition coefficient (Wildman–Crippen LogP) is 2.74. The Morgan fingerprint density at radius 2 is 2.25 bits per heavy atom. The number of ether oxygens (including phenoxy) is 1. The minimum absolute atomic E-state index is 0.0883. The average molecular weight is 315 g/mol. The van der Waals surface area contributed by atoms with E-state index in [2.05, 4.69) is 9.97 Å². The van der Waals surface area contributed by atoms with Crippen molar-refractivity contribution in [2.75, 3.05) is 19.1 Å². The van der Waals surface area contributed by atoms with Gasteiger partial charge in [0.25, 0.3) is 0 Å². The van der Waals surface area contributed by atoms with Crippen molar-refractivity contribution < 1.29 is 9.66 Å². The van der Waals surface area contributed by atoms with E-state index < -0.39 is 4.92 Å². The highest BCUT2D eigenvalue weighted by molar-refractivity contribution is 7.13. The zero-order valence-electron chi connectivity index (χ0n) is 10.7. The molecular weight excluding hydrogens is 304 g/mol. The molecule has 0 atom stereocenters. The number of anilines is 1. The first kappa shape index (κ1) is 14.5. The van der Waals surface area contributed by atoms with E-state index in [0.29, 0.717) is 16.9 Å². The molecule has 0 radical (unpaired) electrons. The van der Waals surface area contributed by atoms with Crippen molar-refractivity contribution in [2.24, 2.45) is 0 Å². The molecule has 2 aromatic rings. The molecule has 2 aromatic heterocycles. The van der Waals surface area contributed by atoms with Crippen LogP contribution in [0.3, 0.4) is 0 Å². The summed E-state index contributed by atoms with van der Waals surface area (Å²) >= 11 is 7.07. The van der Waals surface area contributed by atoms with Crippen LogP contribution in [-0.4, -0.2) is 29.0 Å². The van der Waals surface area contributed by atoms with E-state index in [9.17, 15) is 10.1 Å². The van der Waals surface area contributed by atoms with E-state index in [1.54, 1.807) is 17.3 Å². The summed E-state index contributed by atoms with van der Waals surface area (Å²) in [6.07, 6.45) is 0. The Hall–Kier alpha value is -1.93. The summed E-state index contributed by atoms with van der Waals surface area (Å²) in [7, 11) is 3.15. The number of methoxy groups -OCH3 is 1. The summed E-state index contributed by atoms with van der Waals surface area (Å²) in [6, 6.07) is 2.82. The first-order valence-corrected chi connectivity index (χ1v) is 6.77. The fraction of sp³-hybridized carbons (Fsp3) is 0.273. The van der Waals surface area contributed by atoms with Crippen LogP contribution in [0.25, 0.3) is 0 Å². The van der Waals surface area contributed by atoms with Gasteiger partial charge < -0.3 is 9.64 Å². The molecule has 0 fully saturated rings. The fourth-order valence-electron chi connectivity index (χ4n) is 1.63. The molecule has 106 valence electrons. The van der Waals surface area contributed by atoms with Crippen LogP contribution in [0.1, 0.15) is 5.69 Å². The summed E-state index contributed by atoms with van der Waals surface area (Å²) in [4.78, 5) is 20.4. The van der Waals surface area contributed by atoms with Crippen molar-refractivity contribution in [1.82, 2.24) is 9.97 Å². The molecule has 7 nitrogen and oxygen atoms in total. The highest BCUT2D eigenvalue weighted by atomic mass is 35.5. The minimum atomic E-state index is -0.480. The summed E-state index contributed by atoms with van der Waals surface area (Å²) in [5, 5.41) is 12.8. The lowest BCUT2D eigenvalue weighted by atomic mass is 10.3. The zero-order valence-corrected chi connectivity index (χ0v) is 12.3. The smallest absolute Gasteiger partial charge is 0.311 e. The highest BCUT2D eigenvalue weighted by Crippen LogP contribution is 2.29. The van der Waals surface area contributed by atoms with Crippen molar-refractivity contribution in [2.45, 2.75) is 6.54 Å². The van der Waals surface area contributed by atoms with Crippen LogP contribution in [0.4, 0.5) is 11.5 Å². The standard InChI is InChI=1S/C11H11ClN4O3S/c1-15(5-7-6-20-11(12)13-7)10-8(16(17)18)3-4-9(14-10)19-2/h3-4,6H,5H2,1-2H3. The Morgan fingerprint density at radius 1 is 1.50 bits per heavy atom. The number of rotatable bonds is 5. The van der Waals surface area contributed by atoms with Gasteiger partial charge in [-0.1, -0.05) is 11.6 Å². The summed E-state index contributed by atoms with van der Waals surface area (Å²) < 4.78 is 5.43. The SMILES string of the molecule is COc1ccc([N+](=O)[O-])c(N(C)Cc2csc(Cl)n2)n1. The van der Waals surface area contributed by atoms with Crippen LogP contribution in [0, 0.1) is 10.1 Å². The van der Waals surface area contributed by atoms with E-state index in [4.69, 9.17) is 16.3 Å². The van der Waals surface area contributed by atoms with Crippen LogP contribution < -0.4 is 9.64 Å². The molecule has 0 aromatic carbocycles. The molecular formula is C11H11ClN4O3S.